The Morgan fingerprint density at radius 3 is 2.49 bits per heavy atom. The van der Waals surface area contributed by atoms with Crippen molar-refractivity contribution >= 4 is 29.4 Å². The number of amides is 4. The molecule has 2 aromatic carbocycles. The lowest BCUT2D eigenvalue weighted by atomic mass is 9.99. The summed E-state index contributed by atoms with van der Waals surface area (Å²) in [7, 11) is 0. The van der Waals surface area contributed by atoms with Gasteiger partial charge in [0.15, 0.2) is 0 Å². The summed E-state index contributed by atoms with van der Waals surface area (Å²) in [5.41, 5.74) is 5.26. The van der Waals surface area contributed by atoms with Gasteiger partial charge in [-0.2, -0.15) is 13.2 Å². The molecule has 4 amide bonds. The molecule has 2 aliphatic heterocycles. The molecule has 0 bridgehead atoms. The normalized spacial score (nSPS) is 19.8. The largest absolute Gasteiger partial charge is 0.416 e. The Morgan fingerprint density at radius 2 is 1.82 bits per heavy atom. The smallest absolute Gasteiger partial charge is 0.334 e. The Hall–Kier alpha value is -3.38. The van der Waals surface area contributed by atoms with Crippen LogP contribution >= 0.6 is 11.6 Å². The molecule has 2 saturated heterocycles. The molecule has 8 nitrogen and oxygen atoms in total. The number of fused-ring (bicyclic) bond motifs is 1. The van der Waals surface area contributed by atoms with Gasteiger partial charge in [-0.1, -0.05) is 23.7 Å². The first-order valence-corrected chi connectivity index (χ1v) is 12.8. The molecule has 0 radical (unpaired) electrons. The molecule has 210 valence electrons. The Morgan fingerprint density at radius 1 is 1.10 bits per heavy atom. The molecule has 39 heavy (non-hydrogen) atoms. The van der Waals surface area contributed by atoms with Crippen LogP contribution in [-0.2, 0) is 28.9 Å². The molecule has 0 unspecified atom stereocenters. The second-order valence-corrected chi connectivity index (χ2v) is 9.96. The summed E-state index contributed by atoms with van der Waals surface area (Å²) in [6, 6.07) is 7.56. The van der Waals surface area contributed by atoms with E-state index in [4.69, 9.17) is 17.3 Å². The SMILES string of the molecule is NCCC[C@H]1C(=O)N(Cc2ccc(Cl)cc2)C[C@@H]2N(C(=O)NCc3cc(F)cc(C(F)(F)F)c3)CCC(=O)N21. The number of benzene rings is 2. The van der Waals surface area contributed by atoms with Crippen LogP contribution in [0.3, 0.4) is 0 Å². The lowest BCUT2D eigenvalue weighted by Crippen LogP contribution is -2.71. The Kier molecular flexibility index (Phi) is 8.65. The Balaban J connectivity index is 1.55. The molecule has 2 heterocycles. The molecule has 4 rings (SSSR count). The number of hydrogen-bond acceptors (Lipinski definition) is 4. The van der Waals surface area contributed by atoms with Gasteiger partial charge in [-0.15, -0.1) is 0 Å². The second kappa shape index (κ2) is 11.8. The second-order valence-electron chi connectivity index (χ2n) is 9.52. The Bertz CT molecular complexity index is 1230. The van der Waals surface area contributed by atoms with E-state index in [0.29, 0.717) is 30.5 Å². The third kappa shape index (κ3) is 6.62. The number of hydrogen-bond donors (Lipinski definition) is 2. The van der Waals surface area contributed by atoms with E-state index in [2.05, 4.69) is 5.32 Å². The molecule has 3 N–H and O–H groups in total. The highest BCUT2D eigenvalue weighted by molar-refractivity contribution is 6.30. The van der Waals surface area contributed by atoms with E-state index in [0.717, 1.165) is 17.7 Å². The first-order valence-electron chi connectivity index (χ1n) is 12.4. The topological polar surface area (TPSA) is 99.0 Å². The quantitative estimate of drug-likeness (QED) is 0.497. The predicted molar refractivity (Wildman–Crippen MR) is 135 cm³/mol. The van der Waals surface area contributed by atoms with Gasteiger partial charge in [-0.25, -0.2) is 9.18 Å². The van der Waals surface area contributed by atoms with Gasteiger partial charge in [0.2, 0.25) is 11.8 Å². The van der Waals surface area contributed by atoms with E-state index in [1.807, 2.05) is 0 Å². The summed E-state index contributed by atoms with van der Waals surface area (Å²) in [4.78, 5) is 44.0. The summed E-state index contributed by atoms with van der Waals surface area (Å²) in [5.74, 6) is -1.61. The third-order valence-electron chi connectivity index (χ3n) is 6.81. The van der Waals surface area contributed by atoms with E-state index in [1.54, 1.807) is 29.2 Å². The number of rotatable bonds is 7. The highest BCUT2D eigenvalue weighted by Gasteiger charge is 2.48. The van der Waals surface area contributed by atoms with Crippen molar-refractivity contribution < 1.29 is 31.9 Å². The number of urea groups is 1. The zero-order chi connectivity index (χ0) is 28.3. The summed E-state index contributed by atoms with van der Waals surface area (Å²) < 4.78 is 53.1. The molecule has 0 spiro atoms. The van der Waals surface area contributed by atoms with Crippen molar-refractivity contribution in [3.05, 3.63) is 70.0 Å². The van der Waals surface area contributed by atoms with Crippen LogP contribution in [0.2, 0.25) is 5.02 Å². The van der Waals surface area contributed by atoms with E-state index >= 15 is 0 Å². The van der Waals surface area contributed by atoms with Gasteiger partial charge in [-0.3, -0.25) is 9.59 Å². The van der Waals surface area contributed by atoms with Crippen molar-refractivity contribution in [2.75, 3.05) is 19.6 Å². The van der Waals surface area contributed by atoms with Crippen molar-refractivity contribution in [3.63, 3.8) is 0 Å². The number of piperazine rings is 1. The van der Waals surface area contributed by atoms with Crippen LogP contribution in [0.5, 0.6) is 0 Å². The van der Waals surface area contributed by atoms with E-state index < -0.39 is 35.8 Å². The minimum Gasteiger partial charge on any atom is -0.334 e. The first kappa shape index (κ1) is 28.6. The summed E-state index contributed by atoms with van der Waals surface area (Å²) in [6.07, 6.45) is -4.76. The van der Waals surface area contributed by atoms with E-state index in [9.17, 15) is 31.9 Å². The predicted octanol–water partition coefficient (Wildman–Crippen LogP) is 3.72. The van der Waals surface area contributed by atoms with Crippen molar-refractivity contribution in [2.45, 2.75) is 50.7 Å². The average Bonchev–Trinajstić information content (AvgIpc) is 2.88. The minimum atomic E-state index is -4.74. The maximum Gasteiger partial charge on any atom is 0.416 e. The van der Waals surface area contributed by atoms with Gasteiger partial charge in [0, 0.05) is 31.1 Å². The number of halogens is 5. The minimum absolute atomic E-state index is 0.0221. The zero-order valence-corrected chi connectivity index (χ0v) is 21.6. The number of carbonyl (C=O) groups is 3. The van der Waals surface area contributed by atoms with Gasteiger partial charge in [0.05, 0.1) is 12.1 Å². The van der Waals surface area contributed by atoms with Crippen LogP contribution < -0.4 is 11.1 Å². The Labute approximate surface area is 227 Å². The summed E-state index contributed by atoms with van der Waals surface area (Å²) in [5, 5.41) is 3.08. The molecule has 2 atom stereocenters. The molecule has 0 aromatic heterocycles. The fraction of sp³-hybridized carbons (Fsp3) is 0.423. The van der Waals surface area contributed by atoms with Gasteiger partial charge in [-0.05, 0) is 60.8 Å². The fourth-order valence-electron chi connectivity index (χ4n) is 4.95. The van der Waals surface area contributed by atoms with E-state index in [-0.39, 0.29) is 50.0 Å². The highest BCUT2D eigenvalue weighted by atomic mass is 35.5. The van der Waals surface area contributed by atoms with Gasteiger partial charge < -0.3 is 25.8 Å². The van der Waals surface area contributed by atoms with Gasteiger partial charge >= 0.3 is 12.2 Å². The molecule has 2 aromatic rings. The van der Waals surface area contributed by atoms with Crippen LogP contribution in [0, 0.1) is 5.82 Å². The van der Waals surface area contributed by atoms with Crippen molar-refractivity contribution in [1.82, 2.24) is 20.0 Å². The highest BCUT2D eigenvalue weighted by Crippen LogP contribution is 2.31. The number of nitrogens with one attached hydrogen (secondary N) is 1. The number of nitrogens with zero attached hydrogens (tertiary/aromatic N) is 3. The number of nitrogens with two attached hydrogens (primary N) is 1. The lowest BCUT2D eigenvalue weighted by Gasteiger charge is -2.52. The summed E-state index contributed by atoms with van der Waals surface area (Å²) >= 11 is 5.97. The van der Waals surface area contributed by atoms with Crippen LogP contribution in [0.15, 0.2) is 42.5 Å². The summed E-state index contributed by atoms with van der Waals surface area (Å²) in [6.45, 7) is 0.270. The number of alkyl halides is 3. The van der Waals surface area contributed by atoms with Gasteiger partial charge in [0.25, 0.3) is 0 Å². The standard InChI is InChI=1S/C26H28ClF4N5O3/c27-19-5-3-16(4-6-19)14-34-15-22-35(9-7-23(37)36(22)21(24(34)38)2-1-8-32)25(39)33-13-17-10-18(26(29,30)31)12-20(28)11-17/h3-6,10-12,21-22H,1-2,7-9,13-15,32H2,(H,33,39)/t21-,22+/m0/s1. The molecular weight excluding hydrogens is 542 g/mol. The maximum absolute atomic E-state index is 13.8. The fourth-order valence-corrected chi connectivity index (χ4v) is 5.08. The molecule has 13 heteroatoms. The molecule has 2 fully saturated rings. The molecule has 0 aliphatic carbocycles. The van der Waals surface area contributed by atoms with Crippen LogP contribution in [0.4, 0.5) is 22.4 Å². The third-order valence-corrected chi connectivity index (χ3v) is 7.06. The van der Waals surface area contributed by atoms with Crippen LogP contribution in [-0.4, -0.2) is 64.4 Å². The lowest BCUT2D eigenvalue weighted by molar-refractivity contribution is -0.167. The number of carbonyl (C=O) groups excluding carboxylic acids is 3. The van der Waals surface area contributed by atoms with E-state index in [1.165, 1.54) is 9.80 Å². The van der Waals surface area contributed by atoms with Crippen molar-refractivity contribution in [3.8, 4) is 0 Å². The maximum atomic E-state index is 13.8. The average molecular weight is 570 g/mol. The molecule has 2 aliphatic rings. The first-order chi connectivity index (χ1) is 18.5. The van der Waals surface area contributed by atoms with Crippen LogP contribution in [0.25, 0.3) is 0 Å². The molecule has 0 saturated carbocycles. The zero-order valence-electron chi connectivity index (χ0n) is 20.9. The monoisotopic (exact) mass is 569 g/mol. The van der Waals surface area contributed by atoms with Gasteiger partial charge in [0.1, 0.15) is 18.0 Å². The van der Waals surface area contributed by atoms with Crippen LogP contribution in [0.1, 0.15) is 36.0 Å². The van der Waals surface area contributed by atoms with Crippen molar-refractivity contribution in [1.29, 1.82) is 0 Å². The molecular formula is C26H28ClF4N5O3. The van der Waals surface area contributed by atoms with Crippen molar-refractivity contribution in [2.24, 2.45) is 5.73 Å².